The zero-order chi connectivity index (χ0) is 47.4. The van der Waals surface area contributed by atoms with Crippen LogP contribution in [-0.4, -0.2) is 46.9 Å². The van der Waals surface area contributed by atoms with E-state index < -0.39 is 18.2 Å². The number of carbonyl (C=O) groups is 2. The molecule has 0 fully saturated rings. The maximum absolute atomic E-state index is 13.2. The van der Waals surface area contributed by atoms with Gasteiger partial charge < -0.3 is 20.3 Å². The van der Waals surface area contributed by atoms with Crippen LogP contribution in [0.15, 0.2) is 72.9 Å². The van der Waals surface area contributed by atoms with Crippen molar-refractivity contribution >= 4 is 11.9 Å². The van der Waals surface area contributed by atoms with E-state index in [2.05, 4.69) is 92.9 Å². The van der Waals surface area contributed by atoms with E-state index >= 15 is 0 Å². The van der Waals surface area contributed by atoms with Gasteiger partial charge in [-0.2, -0.15) is 0 Å². The lowest BCUT2D eigenvalue weighted by molar-refractivity contribution is -0.151. The summed E-state index contributed by atoms with van der Waals surface area (Å²) in [6.45, 7) is 6.42. The molecule has 0 aromatic rings. The van der Waals surface area contributed by atoms with E-state index in [0.29, 0.717) is 19.3 Å². The van der Waals surface area contributed by atoms with Crippen LogP contribution in [0.5, 0.6) is 0 Å². The number of carbonyl (C=O) groups excluding carboxylic acids is 2. The van der Waals surface area contributed by atoms with Crippen molar-refractivity contribution in [3.05, 3.63) is 72.9 Å². The van der Waals surface area contributed by atoms with Crippen LogP contribution < -0.4 is 5.32 Å². The minimum Gasteiger partial charge on any atom is -0.462 e. The van der Waals surface area contributed by atoms with E-state index in [1.807, 2.05) is 6.08 Å². The summed E-state index contributed by atoms with van der Waals surface area (Å²) < 4.78 is 5.93. The number of hydrogen-bond acceptors (Lipinski definition) is 5. The van der Waals surface area contributed by atoms with E-state index in [4.69, 9.17) is 4.74 Å². The lowest BCUT2D eigenvalue weighted by atomic mass is 10.0. The molecule has 1 amide bonds. The number of amides is 1. The molecule has 3 N–H and O–H groups in total. The monoisotopic (exact) mass is 908 g/mol. The number of aliphatic hydroxyl groups is 2. The van der Waals surface area contributed by atoms with E-state index in [9.17, 15) is 19.8 Å². The first-order valence-corrected chi connectivity index (χ1v) is 27.7. The summed E-state index contributed by atoms with van der Waals surface area (Å²) >= 11 is 0. The standard InChI is InChI=1S/C59H105NO5/c1-4-7-10-13-16-19-22-25-27-29-31-34-37-40-43-46-49-52-59(64)65-55(50-47-44-41-38-35-33-30-28-26-23-20-17-14-11-8-5-2)53-58(63)60-56(54-61)57(62)51-48-45-42-39-36-32-24-21-18-15-12-9-6-3/h16-17,19-20,23,25-28,30,33,35,55-57,61-62H,4-15,18,21-22,24,29,31-32,34,36-54H2,1-3H3,(H,60,63)/b19-16-,20-17+,26-23+,27-25-,30-28+,35-33+. The fraction of sp³-hybridized carbons (Fsp3) is 0.763. The summed E-state index contributed by atoms with van der Waals surface area (Å²) in [6, 6.07) is -0.719. The Morgan fingerprint density at radius 3 is 1.35 bits per heavy atom. The average Bonchev–Trinajstić information content (AvgIpc) is 3.30. The zero-order valence-corrected chi connectivity index (χ0v) is 42.9. The minimum atomic E-state index is -0.803. The molecule has 6 heteroatoms. The third-order valence-corrected chi connectivity index (χ3v) is 12.4. The number of nitrogens with one attached hydrogen (secondary N) is 1. The molecule has 0 aliphatic carbocycles. The molecular weight excluding hydrogens is 803 g/mol. The zero-order valence-electron chi connectivity index (χ0n) is 42.9. The van der Waals surface area contributed by atoms with Crippen LogP contribution in [0.1, 0.15) is 265 Å². The molecule has 3 unspecified atom stereocenters. The van der Waals surface area contributed by atoms with Crippen molar-refractivity contribution in [2.45, 2.75) is 283 Å². The molecule has 0 aliphatic rings. The second-order valence-electron chi connectivity index (χ2n) is 18.7. The van der Waals surface area contributed by atoms with Crippen molar-refractivity contribution in [1.82, 2.24) is 5.32 Å². The van der Waals surface area contributed by atoms with Crippen LogP contribution in [0.4, 0.5) is 0 Å². The molecule has 0 aromatic heterocycles. The highest BCUT2D eigenvalue weighted by atomic mass is 16.5. The van der Waals surface area contributed by atoms with Gasteiger partial charge in [0.15, 0.2) is 0 Å². The molecule has 6 nitrogen and oxygen atoms in total. The Balaban J connectivity index is 4.67. The number of ether oxygens (including phenoxy) is 1. The normalized spacial score (nSPS) is 13.7. The predicted octanol–water partition coefficient (Wildman–Crippen LogP) is 17.0. The highest BCUT2D eigenvalue weighted by Gasteiger charge is 2.24. The van der Waals surface area contributed by atoms with Gasteiger partial charge in [-0.1, -0.05) is 241 Å². The second-order valence-corrected chi connectivity index (χ2v) is 18.7. The molecule has 0 saturated heterocycles. The fourth-order valence-corrected chi connectivity index (χ4v) is 8.12. The predicted molar refractivity (Wildman–Crippen MR) is 282 cm³/mol. The topological polar surface area (TPSA) is 95.9 Å². The van der Waals surface area contributed by atoms with E-state index in [-0.39, 0.29) is 24.9 Å². The molecule has 0 heterocycles. The van der Waals surface area contributed by atoms with Gasteiger partial charge in [-0.15, -0.1) is 0 Å². The van der Waals surface area contributed by atoms with Gasteiger partial charge in [0.05, 0.1) is 25.2 Å². The summed E-state index contributed by atoms with van der Waals surface area (Å²) in [5, 5.41) is 23.8. The molecule has 376 valence electrons. The molecule has 0 bridgehead atoms. The summed E-state index contributed by atoms with van der Waals surface area (Å²) in [4.78, 5) is 26.2. The van der Waals surface area contributed by atoms with Gasteiger partial charge in [-0.3, -0.25) is 9.59 Å². The number of aliphatic hydroxyl groups excluding tert-OH is 2. The summed E-state index contributed by atoms with van der Waals surface area (Å²) in [5.74, 6) is -0.519. The van der Waals surface area contributed by atoms with Crippen LogP contribution in [0.3, 0.4) is 0 Å². The van der Waals surface area contributed by atoms with Gasteiger partial charge in [0, 0.05) is 6.42 Å². The minimum absolute atomic E-state index is 0.0464. The first kappa shape index (κ1) is 62.3. The van der Waals surface area contributed by atoms with Crippen molar-refractivity contribution in [3.63, 3.8) is 0 Å². The maximum Gasteiger partial charge on any atom is 0.306 e. The van der Waals surface area contributed by atoms with Crippen molar-refractivity contribution in [2.24, 2.45) is 0 Å². The SMILES string of the molecule is CCCCC/C=C\C/C=C\CCCCCCCCCC(=O)OC(CCCCC/C=C/C=C/C=C/C=C/CCCCC)CC(=O)NC(CO)C(O)CCCCCCCCCCCCCCC. The van der Waals surface area contributed by atoms with Crippen LogP contribution >= 0.6 is 0 Å². The van der Waals surface area contributed by atoms with Gasteiger partial charge in [0.25, 0.3) is 0 Å². The highest BCUT2D eigenvalue weighted by Crippen LogP contribution is 2.17. The lowest BCUT2D eigenvalue weighted by Crippen LogP contribution is -2.46. The molecule has 0 aromatic carbocycles. The number of allylic oxidation sites excluding steroid dienone is 12. The van der Waals surface area contributed by atoms with Gasteiger partial charge in [-0.25, -0.2) is 0 Å². The summed E-state index contributed by atoms with van der Waals surface area (Å²) in [5.41, 5.74) is 0. The maximum atomic E-state index is 13.2. The van der Waals surface area contributed by atoms with E-state index in [0.717, 1.165) is 83.5 Å². The number of esters is 1. The Kier molecular flexibility index (Phi) is 50.1. The first-order valence-electron chi connectivity index (χ1n) is 27.7. The molecule has 0 rings (SSSR count). The molecule has 65 heavy (non-hydrogen) atoms. The van der Waals surface area contributed by atoms with Gasteiger partial charge in [0.2, 0.25) is 5.91 Å². The molecule has 0 saturated carbocycles. The van der Waals surface area contributed by atoms with Gasteiger partial charge >= 0.3 is 5.97 Å². The Morgan fingerprint density at radius 1 is 0.462 bits per heavy atom. The number of unbranched alkanes of at least 4 members (excludes halogenated alkanes) is 28. The van der Waals surface area contributed by atoms with Crippen LogP contribution in [0.2, 0.25) is 0 Å². The van der Waals surface area contributed by atoms with Crippen LogP contribution in [-0.2, 0) is 14.3 Å². The molecule has 3 atom stereocenters. The van der Waals surface area contributed by atoms with Gasteiger partial charge in [0.1, 0.15) is 6.10 Å². The largest absolute Gasteiger partial charge is 0.462 e. The van der Waals surface area contributed by atoms with Gasteiger partial charge in [-0.05, 0) is 83.5 Å². The van der Waals surface area contributed by atoms with Crippen LogP contribution in [0.25, 0.3) is 0 Å². The second kappa shape index (κ2) is 52.3. The van der Waals surface area contributed by atoms with E-state index in [1.54, 1.807) is 0 Å². The number of rotatable bonds is 49. The fourth-order valence-electron chi connectivity index (χ4n) is 8.12. The molecular formula is C59H105NO5. The van der Waals surface area contributed by atoms with Crippen molar-refractivity contribution < 1.29 is 24.5 Å². The molecule has 0 radical (unpaired) electrons. The lowest BCUT2D eigenvalue weighted by Gasteiger charge is -2.24. The van der Waals surface area contributed by atoms with Crippen molar-refractivity contribution in [3.8, 4) is 0 Å². The Morgan fingerprint density at radius 2 is 0.846 bits per heavy atom. The highest BCUT2D eigenvalue weighted by molar-refractivity contribution is 5.77. The molecule has 0 spiro atoms. The quantitative estimate of drug-likeness (QED) is 0.0245. The average molecular weight is 908 g/mol. The smallest absolute Gasteiger partial charge is 0.306 e. The Bertz CT molecular complexity index is 1200. The third kappa shape index (κ3) is 47.6. The van der Waals surface area contributed by atoms with Crippen molar-refractivity contribution in [1.29, 1.82) is 0 Å². The first-order chi connectivity index (χ1) is 32.0. The number of hydrogen-bond donors (Lipinski definition) is 3. The third-order valence-electron chi connectivity index (χ3n) is 12.4. The Labute approximate surface area is 402 Å². The molecule has 0 aliphatic heterocycles. The summed E-state index contributed by atoms with van der Waals surface area (Å²) in [7, 11) is 0. The Hall–Kier alpha value is -2.70. The van der Waals surface area contributed by atoms with Crippen LogP contribution in [0, 0.1) is 0 Å². The summed E-state index contributed by atoms with van der Waals surface area (Å²) in [6.07, 6.45) is 66.7. The van der Waals surface area contributed by atoms with Crippen molar-refractivity contribution in [2.75, 3.05) is 6.61 Å². The van der Waals surface area contributed by atoms with E-state index in [1.165, 1.54) is 135 Å².